The van der Waals surface area contributed by atoms with Gasteiger partial charge in [-0.1, -0.05) is 0 Å². The summed E-state index contributed by atoms with van der Waals surface area (Å²) in [5.41, 5.74) is -0.361. The monoisotopic (exact) mass is 289 g/mol. The van der Waals surface area contributed by atoms with E-state index in [2.05, 4.69) is 5.32 Å². The number of anilines is 1. The van der Waals surface area contributed by atoms with Gasteiger partial charge in [-0.15, -0.1) is 0 Å². The van der Waals surface area contributed by atoms with E-state index in [0.717, 1.165) is 12.1 Å². The van der Waals surface area contributed by atoms with Crippen molar-refractivity contribution in [3.63, 3.8) is 0 Å². The van der Waals surface area contributed by atoms with E-state index in [1.165, 1.54) is 6.07 Å². The predicted octanol–water partition coefficient (Wildman–Crippen LogP) is 1.88. The second-order valence-corrected chi connectivity index (χ2v) is 4.25. The zero-order valence-corrected chi connectivity index (χ0v) is 10.9. The highest BCUT2D eigenvalue weighted by molar-refractivity contribution is 6.07. The van der Waals surface area contributed by atoms with Gasteiger partial charge in [-0.3, -0.25) is 14.9 Å². The lowest BCUT2D eigenvalue weighted by Crippen LogP contribution is -2.17. The van der Waals surface area contributed by atoms with E-state index in [-0.39, 0.29) is 16.9 Å². The van der Waals surface area contributed by atoms with E-state index in [1.807, 2.05) is 0 Å². The number of benzene rings is 1. The largest absolute Gasteiger partial charge is 0.478 e. The molecular formula is C13H11N3O5. The average molecular weight is 289 g/mol. The number of carbonyl (C=O) groups is 2. The minimum absolute atomic E-state index is 0.000648. The Balaban J connectivity index is 2.36. The van der Waals surface area contributed by atoms with Crippen LogP contribution in [0.2, 0.25) is 0 Å². The van der Waals surface area contributed by atoms with Crippen LogP contribution in [0.1, 0.15) is 20.8 Å². The van der Waals surface area contributed by atoms with Crippen LogP contribution in [0.15, 0.2) is 36.5 Å². The number of hydrogen-bond donors (Lipinski definition) is 2. The molecule has 0 aliphatic carbocycles. The van der Waals surface area contributed by atoms with Gasteiger partial charge in [0.15, 0.2) is 0 Å². The number of nitro benzene ring substituents is 1. The molecule has 0 aliphatic rings. The molecule has 2 N–H and O–H groups in total. The van der Waals surface area contributed by atoms with E-state index in [1.54, 1.807) is 29.9 Å². The molecule has 0 unspecified atom stereocenters. The normalized spacial score (nSPS) is 10.1. The molecule has 0 bridgehead atoms. The summed E-state index contributed by atoms with van der Waals surface area (Å²) in [6, 6.07) is 6.47. The lowest BCUT2D eigenvalue weighted by atomic mass is 10.1. The van der Waals surface area contributed by atoms with Crippen LogP contribution in [-0.2, 0) is 7.05 Å². The first kappa shape index (κ1) is 14.3. The van der Waals surface area contributed by atoms with Gasteiger partial charge in [0.05, 0.1) is 16.2 Å². The molecule has 1 amide bonds. The molecule has 0 fully saturated rings. The Morgan fingerprint density at radius 2 is 2.05 bits per heavy atom. The van der Waals surface area contributed by atoms with E-state index in [9.17, 15) is 19.7 Å². The molecule has 21 heavy (non-hydrogen) atoms. The van der Waals surface area contributed by atoms with Crippen molar-refractivity contribution in [1.29, 1.82) is 0 Å². The van der Waals surface area contributed by atoms with Gasteiger partial charge >= 0.3 is 5.97 Å². The Bertz CT molecular complexity index is 735. The summed E-state index contributed by atoms with van der Waals surface area (Å²) in [6.45, 7) is 0. The van der Waals surface area contributed by atoms with Crippen molar-refractivity contribution in [3.8, 4) is 0 Å². The number of hydrogen-bond acceptors (Lipinski definition) is 4. The fourth-order valence-electron chi connectivity index (χ4n) is 1.82. The van der Waals surface area contributed by atoms with Gasteiger partial charge in [-0.25, -0.2) is 4.79 Å². The van der Waals surface area contributed by atoms with Crippen molar-refractivity contribution < 1.29 is 19.6 Å². The second-order valence-electron chi connectivity index (χ2n) is 4.25. The number of nitrogens with one attached hydrogen (secondary N) is 1. The van der Waals surface area contributed by atoms with Crippen molar-refractivity contribution in [3.05, 3.63) is 57.9 Å². The number of rotatable bonds is 4. The Morgan fingerprint density at radius 3 is 2.57 bits per heavy atom. The van der Waals surface area contributed by atoms with Gasteiger partial charge in [0.2, 0.25) is 0 Å². The lowest BCUT2D eigenvalue weighted by Gasteiger charge is -2.09. The minimum atomic E-state index is -1.36. The van der Waals surface area contributed by atoms with Crippen LogP contribution in [0.3, 0.4) is 0 Å². The number of carboxylic acid groups (broad SMARTS) is 1. The maximum absolute atomic E-state index is 12.0. The van der Waals surface area contributed by atoms with Crippen LogP contribution >= 0.6 is 0 Å². The number of nitrogens with zero attached hydrogens (tertiary/aromatic N) is 2. The van der Waals surface area contributed by atoms with E-state index >= 15 is 0 Å². The number of aromatic nitrogens is 1. The molecule has 0 radical (unpaired) electrons. The van der Waals surface area contributed by atoms with Crippen molar-refractivity contribution >= 4 is 23.3 Å². The molecule has 0 saturated carbocycles. The van der Waals surface area contributed by atoms with E-state index in [4.69, 9.17) is 5.11 Å². The Kier molecular flexibility index (Phi) is 3.70. The van der Waals surface area contributed by atoms with Gasteiger partial charge in [0.1, 0.15) is 5.69 Å². The number of carboxylic acids is 1. The van der Waals surface area contributed by atoms with Gasteiger partial charge < -0.3 is 15.0 Å². The molecule has 2 rings (SSSR count). The summed E-state index contributed by atoms with van der Waals surface area (Å²) < 4.78 is 1.57. The molecule has 8 heteroatoms. The molecule has 0 atom stereocenters. The average Bonchev–Trinajstić information content (AvgIpc) is 2.85. The molecule has 8 nitrogen and oxygen atoms in total. The lowest BCUT2D eigenvalue weighted by molar-refractivity contribution is -0.384. The number of nitro groups is 1. The summed E-state index contributed by atoms with van der Waals surface area (Å²) in [4.78, 5) is 33.1. The smallest absolute Gasteiger partial charge is 0.338 e. The van der Waals surface area contributed by atoms with Crippen LogP contribution in [0, 0.1) is 10.1 Å². The third-order valence-electron chi connectivity index (χ3n) is 2.87. The van der Waals surface area contributed by atoms with Gasteiger partial charge in [-0.2, -0.15) is 0 Å². The van der Waals surface area contributed by atoms with E-state index in [0.29, 0.717) is 5.69 Å². The molecule has 0 saturated heterocycles. The first-order chi connectivity index (χ1) is 9.90. The number of carbonyl (C=O) groups excluding carboxylic acids is 1. The Hall–Kier alpha value is -3.16. The van der Waals surface area contributed by atoms with Crippen LogP contribution in [-0.4, -0.2) is 26.5 Å². The van der Waals surface area contributed by atoms with Crippen LogP contribution < -0.4 is 5.32 Å². The standard InChI is InChI=1S/C13H11N3O5/c1-15-6-2-3-11(15)12(17)14-10-5-4-8(16(20)21)7-9(10)13(18)19/h2-7H,1H3,(H,14,17)(H,18,19). The maximum Gasteiger partial charge on any atom is 0.338 e. The quantitative estimate of drug-likeness (QED) is 0.658. The summed E-state index contributed by atoms with van der Waals surface area (Å²) in [5, 5.41) is 22.2. The fourth-order valence-corrected chi connectivity index (χ4v) is 1.82. The minimum Gasteiger partial charge on any atom is -0.478 e. The molecule has 1 heterocycles. The Labute approximate surface area is 118 Å². The van der Waals surface area contributed by atoms with Gasteiger partial charge in [0, 0.05) is 25.4 Å². The molecule has 108 valence electrons. The first-order valence-corrected chi connectivity index (χ1v) is 5.84. The molecule has 1 aromatic heterocycles. The van der Waals surface area contributed by atoms with Crippen LogP contribution in [0.25, 0.3) is 0 Å². The molecule has 1 aromatic carbocycles. The van der Waals surface area contributed by atoms with E-state index < -0.39 is 16.8 Å². The third kappa shape index (κ3) is 2.89. The summed E-state index contributed by atoms with van der Waals surface area (Å²) >= 11 is 0. The Morgan fingerprint density at radius 1 is 1.33 bits per heavy atom. The predicted molar refractivity (Wildman–Crippen MR) is 73.4 cm³/mol. The van der Waals surface area contributed by atoms with Gasteiger partial charge in [-0.05, 0) is 18.2 Å². The van der Waals surface area contributed by atoms with Crippen LogP contribution in [0.4, 0.5) is 11.4 Å². The summed E-state index contributed by atoms with van der Waals surface area (Å²) in [5.74, 6) is -1.86. The zero-order chi connectivity index (χ0) is 15.6. The molecular weight excluding hydrogens is 278 g/mol. The zero-order valence-electron chi connectivity index (χ0n) is 10.9. The SMILES string of the molecule is Cn1cccc1C(=O)Nc1ccc([N+](=O)[O-])cc1C(=O)O. The second kappa shape index (κ2) is 5.45. The number of aromatic carboxylic acids is 1. The molecule has 0 aliphatic heterocycles. The van der Waals surface area contributed by atoms with Gasteiger partial charge in [0.25, 0.3) is 11.6 Å². The highest BCUT2D eigenvalue weighted by Crippen LogP contribution is 2.22. The highest BCUT2D eigenvalue weighted by Gasteiger charge is 2.18. The van der Waals surface area contributed by atoms with Crippen molar-refractivity contribution in [2.45, 2.75) is 0 Å². The molecule has 0 spiro atoms. The number of aryl methyl sites for hydroxylation is 1. The maximum atomic E-state index is 12.0. The van der Waals surface area contributed by atoms with Crippen LogP contribution in [0.5, 0.6) is 0 Å². The number of amides is 1. The third-order valence-corrected chi connectivity index (χ3v) is 2.87. The first-order valence-electron chi connectivity index (χ1n) is 5.84. The molecule has 2 aromatic rings. The van der Waals surface area contributed by atoms with Crippen molar-refractivity contribution in [2.24, 2.45) is 7.05 Å². The summed E-state index contributed by atoms with van der Waals surface area (Å²) in [7, 11) is 1.67. The van der Waals surface area contributed by atoms with Crippen molar-refractivity contribution in [1.82, 2.24) is 4.57 Å². The highest BCUT2D eigenvalue weighted by atomic mass is 16.6. The topological polar surface area (TPSA) is 114 Å². The fraction of sp³-hybridized carbons (Fsp3) is 0.0769. The van der Waals surface area contributed by atoms with Crippen molar-refractivity contribution in [2.75, 3.05) is 5.32 Å². The summed E-state index contributed by atoms with van der Waals surface area (Å²) in [6.07, 6.45) is 1.67. The number of non-ortho nitro benzene ring substituents is 1.